The molecule has 1 spiro atoms. The van der Waals surface area contributed by atoms with E-state index in [1.54, 1.807) is 6.92 Å². The molecule has 24 heavy (non-hydrogen) atoms. The molecule has 2 saturated heterocycles. The van der Waals surface area contributed by atoms with E-state index in [1.807, 2.05) is 0 Å². The third-order valence-electron chi connectivity index (χ3n) is 5.15. The van der Waals surface area contributed by atoms with E-state index in [0.717, 1.165) is 12.8 Å². The molecule has 2 heterocycles. The van der Waals surface area contributed by atoms with E-state index in [1.165, 1.54) is 13.2 Å². The van der Waals surface area contributed by atoms with E-state index in [2.05, 4.69) is 44.4 Å². The molecule has 2 aliphatic heterocycles. The van der Waals surface area contributed by atoms with Gasteiger partial charge in [-0.3, -0.25) is 4.90 Å². The van der Waals surface area contributed by atoms with Crippen molar-refractivity contribution in [2.24, 2.45) is 0 Å². The molecule has 6 nitrogen and oxygen atoms in total. The Hall–Kier alpha value is -1.11. The summed E-state index contributed by atoms with van der Waals surface area (Å²) in [7, 11) is 3.50. The van der Waals surface area contributed by atoms with Gasteiger partial charge in [0.05, 0.1) is 19.8 Å². The Kier molecular flexibility index (Phi) is 5.33. The Balaban J connectivity index is 1.97. The van der Waals surface area contributed by atoms with Crippen molar-refractivity contribution in [2.45, 2.75) is 70.4 Å². The van der Waals surface area contributed by atoms with Crippen LogP contribution in [0.15, 0.2) is 11.8 Å². The van der Waals surface area contributed by atoms with Crippen LogP contribution in [-0.2, 0) is 23.7 Å². The van der Waals surface area contributed by atoms with Gasteiger partial charge in [0.1, 0.15) is 18.5 Å². The molecule has 0 saturated carbocycles. The van der Waals surface area contributed by atoms with Gasteiger partial charge < -0.3 is 18.9 Å². The van der Waals surface area contributed by atoms with Gasteiger partial charge in [0.25, 0.3) is 0 Å². The number of nitrogens with zero attached hydrogens (tertiary/aromatic N) is 1. The highest BCUT2D eigenvalue weighted by molar-refractivity contribution is 5.82. The number of rotatable bonds is 4. The van der Waals surface area contributed by atoms with Crippen molar-refractivity contribution in [3.05, 3.63) is 11.8 Å². The molecular weight excluding hydrogens is 310 g/mol. The van der Waals surface area contributed by atoms with Crippen LogP contribution in [-0.4, -0.2) is 61.2 Å². The lowest BCUT2D eigenvalue weighted by molar-refractivity contribution is -0.243. The fraction of sp³-hybridized carbons (Fsp3) is 0.833. The van der Waals surface area contributed by atoms with Crippen molar-refractivity contribution < 1.29 is 23.7 Å². The van der Waals surface area contributed by atoms with Gasteiger partial charge in [-0.05, 0) is 41.7 Å². The first-order valence-electron chi connectivity index (χ1n) is 8.44. The zero-order chi connectivity index (χ0) is 18.2. The van der Waals surface area contributed by atoms with Crippen LogP contribution in [0.2, 0.25) is 0 Å². The quantitative estimate of drug-likeness (QED) is 0.445. The van der Waals surface area contributed by atoms with Gasteiger partial charge in [-0.25, -0.2) is 4.79 Å². The van der Waals surface area contributed by atoms with E-state index in [-0.39, 0.29) is 17.2 Å². The molecule has 1 atom stereocenters. The topological polar surface area (TPSA) is 57.2 Å². The molecule has 0 aromatic carbocycles. The second-order valence-corrected chi connectivity index (χ2v) is 8.09. The lowest BCUT2D eigenvalue weighted by Gasteiger charge is -2.56. The van der Waals surface area contributed by atoms with Crippen molar-refractivity contribution in [3.63, 3.8) is 0 Å². The van der Waals surface area contributed by atoms with Crippen molar-refractivity contribution in [2.75, 3.05) is 27.4 Å². The molecular formula is C18H31NO5. The van der Waals surface area contributed by atoms with Crippen LogP contribution in [0.3, 0.4) is 0 Å². The lowest BCUT2D eigenvalue weighted by Crippen LogP contribution is -2.64. The summed E-state index contributed by atoms with van der Waals surface area (Å²) in [4.78, 5) is 13.6. The molecule has 1 unspecified atom stereocenters. The van der Waals surface area contributed by atoms with Crippen LogP contribution in [0.4, 0.5) is 0 Å². The molecule has 138 valence electrons. The first kappa shape index (κ1) is 19.2. The number of esters is 1. The van der Waals surface area contributed by atoms with Crippen molar-refractivity contribution in [3.8, 4) is 0 Å². The number of hydrogen-bond donors (Lipinski definition) is 0. The number of allylic oxidation sites excluding steroid dienone is 1. The average Bonchev–Trinajstić information content (AvgIpc) is 2.84. The molecule has 2 rings (SSSR count). The van der Waals surface area contributed by atoms with E-state index < -0.39 is 11.8 Å². The SMILES string of the molecule is COC(=O)C=C(C)OCC1COC2(CC(C)(C)N(C)C(C)(C)C2)O1. The maximum absolute atomic E-state index is 11.2. The summed E-state index contributed by atoms with van der Waals surface area (Å²) in [6.45, 7) is 11.5. The van der Waals surface area contributed by atoms with Crippen LogP contribution in [0.25, 0.3) is 0 Å². The Morgan fingerprint density at radius 1 is 1.25 bits per heavy atom. The number of hydrogen-bond acceptors (Lipinski definition) is 6. The van der Waals surface area contributed by atoms with Crippen LogP contribution >= 0.6 is 0 Å². The number of ether oxygens (including phenoxy) is 4. The van der Waals surface area contributed by atoms with E-state index in [0.29, 0.717) is 19.0 Å². The van der Waals surface area contributed by atoms with Gasteiger partial charge in [-0.2, -0.15) is 0 Å². The van der Waals surface area contributed by atoms with Gasteiger partial charge in [-0.1, -0.05) is 0 Å². The molecule has 0 N–H and O–H groups in total. The lowest BCUT2D eigenvalue weighted by atomic mass is 9.76. The van der Waals surface area contributed by atoms with Crippen LogP contribution in [0.5, 0.6) is 0 Å². The molecule has 0 bridgehead atoms. The predicted octanol–water partition coefficient (Wildman–Crippen LogP) is 2.47. The second kappa shape index (κ2) is 6.65. The fourth-order valence-electron chi connectivity index (χ4n) is 3.81. The fourth-order valence-corrected chi connectivity index (χ4v) is 3.81. The summed E-state index contributed by atoms with van der Waals surface area (Å²) in [6.07, 6.45) is 2.81. The summed E-state index contributed by atoms with van der Waals surface area (Å²) in [5.74, 6) is -0.477. The molecule has 0 aliphatic carbocycles. The first-order chi connectivity index (χ1) is 11.0. The molecule has 0 amide bonds. The largest absolute Gasteiger partial charge is 0.495 e. The Labute approximate surface area is 145 Å². The van der Waals surface area contributed by atoms with Crippen molar-refractivity contribution in [1.82, 2.24) is 4.90 Å². The Morgan fingerprint density at radius 3 is 2.38 bits per heavy atom. The highest BCUT2D eigenvalue weighted by atomic mass is 16.8. The summed E-state index contributed by atoms with van der Waals surface area (Å²) < 4.78 is 22.6. The van der Waals surface area contributed by atoms with Crippen LogP contribution in [0, 0.1) is 0 Å². The summed E-state index contributed by atoms with van der Waals surface area (Å²) in [5.41, 5.74) is -0.0313. The zero-order valence-corrected chi connectivity index (χ0v) is 16.0. The highest BCUT2D eigenvalue weighted by Gasteiger charge is 2.55. The number of carbonyl (C=O) groups excluding carboxylic acids is 1. The number of methoxy groups -OCH3 is 1. The van der Waals surface area contributed by atoms with E-state index in [9.17, 15) is 4.79 Å². The van der Waals surface area contributed by atoms with Crippen LogP contribution < -0.4 is 0 Å². The maximum atomic E-state index is 11.2. The maximum Gasteiger partial charge on any atom is 0.333 e. The molecule has 0 aromatic heterocycles. The minimum absolute atomic E-state index is 0.0157. The molecule has 0 radical (unpaired) electrons. The highest BCUT2D eigenvalue weighted by Crippen LogP contribution is 2.47. The van der Waals surface area contributed by atoms with Gasteiger partial charge in [0, 0.05) is 23.9 Å². The minimum Gasteiger partial charge on any atom is -0.495 e. The summed E-state index contributed by atoms with van der Waals surface area (Å²) in [6, 6.07) is 0. The van der Waals surface area contributed by atoms with Gasteiger partial charge >= 0.3 is 5.97 Å². The predicted molar refractivity (Wildman–Crippen MR) is 90.4 cm³/mol. The van der Waals surface area contributed by atoms with Gasteiger partial charge in [-0.15, -0.1) is 0 Å². The number of piperidine rings is 1. The van der Waals surface area contributed by atoms with E-state index >= 15 is 0 Å². The van der Waals surface area contributed by atoms with Gasteiger partial charge in [0.2, 0.25) is 0 Å². The third kappa shape index (κ3) is 4.10. The Bertz CT molecular complexity index is 494. The molecule has 0 aromatic rings. The summed E-state index contributed by atoms with van der Waals surface area (Å²) >= 11 is 0. The average molecular weight is 341 g/mol. The molecule has 6 heteroatoms. The van der Waals surface area contributed by atoms with Crippen molar-refractivity contribution in [1.29, 1.82) is 0 Å². The molecule has 2 fully saturated rings. The van der Waals surface area contributed by atoms with Crippen molar-refractivity contribution >= 4 is 5.97 Å². The number of carbonyl (C=O) groups is 1. The smallest absolute Gasteiger partial charge is 0.333 e. The number of likely N-dealkylation sites (tertiary alicyclic amines) is 1. The molecule has 2 aliphatic rings. The standard InChI is InChI=1S/C18H31NO5/c1-13(8-15(20)21-7)22-9-14-10-23-18(24-14)11-16(2,3)19(6)17(4,5)12-18/h8,14H,9-12H2,1-7H3. The minimum atomic E-state index is -0.562. The van der Waals surface area contributed by atoms with Gasteiger partial charge in [0.15, 0.2) is 5.79 Å². The third-order valence-corrected chi connectivity index (χ3v) is 5.15. The Morgan fingerprint density at radius 2 is 1.83 bits per heavy atom. The monoisotopic (exact) mass is 341 g/mol. The first-order valence-corrected chi connectivity index (χ1v) is 8.44. The zero-order valence-electron chi connectivity index (χ0n) is 16.0. The van der Waals surface area contributed by atoms with Crippen LogP contribution in [0.1, 0.15) is 47.5 Å². The van der Waals surface area contributed by atoms with E-state index in [4.69, 9.17) is 14.2 Å². The normalized spacial score (nSPS) is 28.8. The summed E-state index contributed by atoms with van der Waals surface area (Å²) in [5, 5.41) is 0. The second-order valence-electron chi connectivity index (χ2n) is 8.09.